The molecule has 0 spiro atoms. The van der Waals surface area contributed by atoms with E-state index in [0.717, 1.165) is 34.9 Å². The number of hydrogen-bond donors (Lipinski definition) is 0. The van der Waals surface area contributed by atoms with E-state index in [0.29, 0.717) is 0 Å². The maximum absolute atomic E-state index is 11.3. The number of nitrogens with zero attached hydrogens (tertiary/aromatic N) is 2. The molecule has 1 aromatic heterocycles. The smallest absolute Gasteiger partial charge is 0.106 e. The maximum atomic E-state index is 11.3. The molecular weight excluding hydrogens is 288 g/mol. The van der Waals surface area contributed by atoms with Gasteiger partial charge in [-0.25, -0.2) is 4.98 Å². The standard InChI is InChI=1S/C11H17BrN2OS/c1-3-16(15)8-7-14(2)9-10-5-4-6-11(12)13-10/h4-6H,3,7-9H2,1-2H3. The summed E-state index contributed by atoms with van der Waals surface area (Å²) in [5, 5.41) is 0. The molecule has 1 heterocycles. The normalized spacial score (nSPS) is 13.0. The Morgan fingerprint density at radius 1 is 1.50 bits per heavy atom. The Morgan fingerprint density at radius 2 is 2.25 bits per heavy atom. The fourth-order valence-electron chi connectivity index (χ4n) is 1.30. The van der Waals surface area contributed by atoms with Crippen LogP contribution in [0.5, 0.6) is 0 Å². The van der Waals surface area contributed by atoms with Crippen LogP contribution in [0.4, 0.5) is 0 Å². The van der Waals surface area contributed by atoms with Gasteiger partial charge >= 0.3 is 0 Å². The lowest BCUT2D eigenvalue weighted by molar-refractivity contribution is 0.343. The summed E-state index contributed by atoms with van der Waals surface area (Å²) in [6, 6.07) is 5.89. The van der Waals surface area contributed by atoms with E-state index < -0.39 is 10.8 Å². The minimum atomic E-state index is -0.681. The molecule has 0 N–H and O–H groups in total. The van der Waals surface area contributed by atoms with Crippen molar-refractivity contribution in [2.24, 2.45) is 0 Å². The van der Waals surface area contributed by atoms with E-state index in [1.165, 1.54) is 0 Å². The Hall–Kier alpha value is -0.260. The molecule has 90 valence electrons. The highest BCUT2D eigenvalue weighted by Crippen LogP contribution is 2.07. The van der Waals surface area contributed by atoms with Crippen LogP contribution in [0.25, 0.3) is 0 Å². The van der Waals surface area contributed by atoms with Crippen LogP contribution in [0.1, 0.15) is 12.6 Å². The van der Waals surface area contributed by atoms with Gasteiger partial charge in [-0.05, 0) is 35.1 Å². The minimum Gasteiger partial charge on any atom is -0.300 e. The van der Waals surface area contributed by atoms with Crippen LogP contribution in [-0.2, 0) is 17.3 Å². The number of aromatic nitrogens is 1. The Bertz CT molecular complexity index is 360. The topological polar surface area (TPSA) is 33.2 Å². The van der Waals surface area contributed by atoms with Crippen LogP contribution in [-0.4, -0.2) is 39.2 Å². The maximum Gasteiger partial charge on any atom is 0.106 e. The summed E-state index contributed by atoms with van der Waals surface area (Å²) in [5.41, 5.74) is 1.03. The number of hydrogen-bond acceptors (Lipinski definition) is 3. The van der Waals surface area contributed by atoms with Gasteiger partial charge < -0.3 is 0 Å². The van der Waals surface area contributed by atoms with Crippen molar-refractivity contribution in [1.82, 2.24) is 9.88 Å². The highest BCUT2D eigenvalue weighted by atomic mass is 79.9. The summed E-state index contributed by atoms with van der Waals surface area (Å²) in [7, 11) is 1.34. The van der Waals surface area contributed by atoms with Crippen molar-refractivity contribution >= 4 is 26.7 Å². The van der Waals surface area contributed by atoms with Gasteiger partial charge in [0, 0.05) is 35.4 Å². The molecule has 0 aliphatic carbocycles. The van der Waals surface area contributed by atoms with Crippen molar-refractivity contribution in [3.8, 4) is 0 Å². The molecule has 1 aromatic rings. The van der Waals surface area contributed by atoms with Crippen molar-refractivity contribution in [3.05, 3.63) is 28.5 Å². The summed E-state index contributed by atoms with van der Waals surface area (Å²) >= 11 is 3.35. The lowest BCUT2D eigenvalue weighted by atomic mass is 10.3. The van der Waals surface area contributed by atoms with Crippen LogP contribution in [0, 0.1) is 0 Å². The first-order chi connectivity index (χ1) is 7.61. The average molecular weight is 305 g/mol. The predicted molar refractivity (Wildman–Crippen MR) is 71.8 cm³/mol. The summed E-state index contributed by atoms with van der Waals surface area (Å²) in [6.07, 6.45) is 0. The van der Waals surface area contributed by atoms with Gasteiger partial charge in [0.25, 0.3) is 0 Å². The quantitative estimate of drug-likeness (QED) is 0.754. The zero-order valence-electron chi connectivity index (χ0n) is 9.65. The van der Waals surface area contributed by atoms with E-state index in [1.807, 2.05) is 32.2 Å². The highest BCUT2D eigenvalue weighted by molar-refractivity contribution is 9.10. The third kappa shape index (κ3) is 5.18. The van der Waals surface area contributed by atoms with Crippen LogP contribution in [0.15, 0.2) is 22.8 Å². The predicted octanol–water partition coefficient (Wildman–Crippen LogP) is 2.04. The molecular formula is C11H17BrN2OS. The molecule has 5 heteroatoms. The van der Waals surface area contributed by atoms with E-state index in [-0.39, 0.29) is 0 Å². The second-order valence-electron chi connectivity index (χ2n) is 3.62. The molecule has 0 aromatic carbocycles. The first-order valence-electron chi connectivity index (χ1n) is 5.26. The van der Waals surface area contributed by atoms with Gasteiger partial charge in [0.2, 0.25) is 0 Å². The molecule has 0 saturated carbocycles. The molecule has 0 radical (unpaired) electrons. The number of rotatable bonds is 6. The van der Waals surface area contributed by atoms with Crippen molar-refractivity contribution in [2.45, 2.75) is 13.5 Å². The zero-order chi connectivity index (χ0) is 12.0. The number of pyridine rings is 1. The minimum absolute atomic E-state index is 0.681. The van der Waals surface area contributed by atoms with Gasteiger partial charge in [0.05, 0.1) is 5.69 Å². The van der Waals surface area contributed by atoms with E-state index in [9.17, 15) is 4.21 Å². The summed E-state index contributed by atoms with van der Waals surface area (Å²) in [4.78, 5) is 6.50. The molecule has 16 heavy (non-hydrogen) atoms. The summed E-state index contributed by atoms with van der Waals surface area (Å²) < 4.78 is 12.1. The fraction of sp³-hybridized carbons (Fsp3) is 0.545. The van der Waals surface area contributed by atoms with E-state index in [2.05, 4.69) is 25.8 Å². The van der Waals surface area contributed by atoms with Crippen LogP contribution < -0.4 is 0 Å². The first kappa shape index (κ1) is 13.8. The monoisotopic (exact) mass is 304 g/mol. The molecule has 1 atom stereocenters. The molecule has 0 aliphatic rings. The molecule has 0 amide bonds. The first-order valence-corrected chi connectivity index (χ1v) is 7.55. The zero-order valence-corrected chi connectivity index (χ0v) is 12.1. The van der Waals surface area contributed by atoms with Crippen LogP contribution >= 0.6 is 15.9 Å². The van der Waals surface area contributed by atoms with Crippen molar-refractivity contribution in [2.75, 3.05) is 25.1 Å². The summed E-state index contributed by atoms with van der Waals surface area (Å²) in [5.74, 6) is 1.48. The molecule has 0 saturated heterocycles. The van der Waals surface area contributed by atoms with Crippen LogP contribution in [0.2, 0.25) is 0 Å². The Balaban J connectivity index is 2.39. The molecule has 3 nitrogen and oxygen atoms in total. The lowest BCUT2D eigenvalue weighted by Crippen LogP contribution is -2.24. The number of halogens is 1. The molecule has 1 unspecified atom stereocenters. The van der Waals surface area contributed by atoms with Gasteiger partial charge in [0.15, 0.2) is 0 Å². The average Bonchev–Trinajstić information content (AvgIpc) is 2.26. The van der Waals surface area contributed by atoms with Gasteiger partial charge in [-0.1, -0.05) is 13.0 Å². The third-order valence-corrected chi connectivity index (χ3v) is 3.95. The Morgan fingerprint density at radius 3 is 2.88 bits per heavy atom. The van der Waals surface area contributed by atoms with E-state index in [1.54, 1.807) is 0 Å². The summed E-state index contributed by atoms with van der Waals surface area (Å²) in [6.45, 7) is 3.58. The van der Waals surface area contributed by atoms with E-state index in [4.69, 9.17) is 0 Å². The van der Waals surface area contributed by atoms with Gasteiger partial charge in [-0.15, -0.1) is 0 Å². The van der Waals surface area contributed by atoms with Gasteiger partial charge in [-0.2, -0.15) is 0 Å². The molecule has 0 fully saturated rings. The van der Waals surface area contributed by atoms with Crippen LogP contribution in [0.3, 0.4) is 0 Å². The van der Waals surface area contributed by atoms with Gasteiger partial charge in [-0.3, -0.25) is 9.11 Å². The SMILES string of the molecule is CCS(=O)CCN(C)Cc1cccc(Br)n1. The second-order valence-corrected chi connectivity index (χ2v) is 6.30. The van der Waals surface area contributed by atoms with Gasteiger partial charge in [0.1, 0.15) is 4.60 Å². The van der Waals surface area contributed by atoms with Crippen molar-refractivity contribution in [1.29, 1.82) is 0 Å². The molecule has 0 bridgehead atoms. The van der Waals surface area contributed by atoms with E-state index >= 15 is 0 Å². The van der Waals surface area contributed by atoms with Crippen molar-refractivity contribution < 1.29 is 4.21 Å². The molecule has 0 aliphatic heterocycles. The second kappa shape index (κ2) is 7.14. The Labute approximate surface area is 108 Å². The van der Waals surface area contributed by atoms with Crippen molar-refractivity contribution in [3.63, 3.8) is 0 Å². The highest BCUT2D eigenvalue weighted by Gasteiger charge is 2.03. The Kier molecular flexibility index (Phi) is 6.16. The molecule has 1 rings (SSSR count). The lowest BCUT2D eigenvalue weighted by Gasteiger charge is -2.15. The third-order valence-electron chi connectivity index (χ3n) is 2.23. The fourth-order valence-corrected chi connectivity index (χ4v) is 2.48. The largest absolute Gasteiger partial charge is 0.300 e.